The number of piperidine rings is 1. The Bertz CT molecular complexity index is 1220. The zero-order chi connectivity index (χ0) is 20.2. The van der Waals surface area contributed by atoms with E-state index < -0.39 is 10.0 Å². The van der Waals surface area contributed by atoms with Gasteiger partial charge in [-0.3, -0.25) is 0 Å². The van der Waals surface area contributed by atoms with Gasteiger partial charge in [-0.25, -0.2) is 4.98 Å². The van der Waals surface area contributed by atoms with Crippen molar-refractivity contribution in [2.75, 3.05) is 25.0 Å². The zero-order valence-electron chi connectivity index (χ0n) is 16.4. The number of hydrogen-bond acceptors (Lipinski definition) is 6. The SMILES string of the molecule is Cc1cc(N2CCC(N(C)C3=NS(=O)(=O)c4ccccc43)CC2)n2nccc2n1. The van der Waals surface area contributed by atoms with Gasteiger partial charge in [-0.2, -0.15) is 18.0 Å². The molecule has 0 amide bonds. The van der Waals surface area contributed by atoms with Crippen molar-refractivity contribution in [3.8, 4) is 0 Å². The average molecular weight is 411 g/mol. The maximum Gasteiger partial charge on any atom is 0.285 e. The van der Waals surface area contributed by atoms with Crippen LogP contribution in [-0.2, 0) is 10.0 Å². The first-order chi connectivity index (χ1) is 13.9. The van der Waals surface area contributed by atoms with Gasteiger partial charge in [-0.1, -0.05) is 12.1 Å². The summed E-state index contributed by atoms with van der Waals surface area (Å²) >= 11 is 0. The summed E-state index contributed by atoms with van der Waals surface area (Å²) < 4.78 is 30.7. The van der Waals surface area contributed by atoms with Crippen molar-refractivity contribution in [3.63, 3.8) is 0 Å². The normalized spacial score (nSPS) is 18.7. The van der Waals surface area contributed by atoms with E-state index in [2.05, 4.69) is 25.4 Å². The molecule has 29 heavy (non-hydrogen) atoms. The molecule has 3 aromatic rings. The summed E-state index contributed by atoms with van der Waals surface area (Å²) in [6.45, 7) is 3.71. The Hall–Kier alpha value is -2.94. The summed E-state index contributed by atoms with van der Waals surface area (Å²) in [5, 5.41) is 4.41. The summed E-state index contributed by atoms with van der Waals surface area (Å²) in [7, 11) is -1.65. The maximum absolute atomic E-state index is 12.4. The van der Waals surface area contributed by atoms with Crippen molar-refractivity contribution < 1.29 is 8.42 Å². The van der Waals surface area contributed by atoms with E-state index in [1.54, 1.807) is 18.3 Å². The van der Waals surface area contributed by atoms with Crippen molar-refractivity contribution in [1.82, 2.24) is 19.5 Å². The van der Waals surface area contributed by atoms with Gasteiger partial charge in [-0.15, -0.1) is 4.40 Å². The van der Waals surface area contributed by atoms with Crippen molar-refractivity contribution in [2.24, 2.45) is 4.40 Å². The minimum Gasteiger partial charge on any atom is -0.356 e. The fraction of sp³-hybridized carbons (Fsp3) is 0.350. The Morgan fingerprint density at radius 2 is 1.90 bits per heavy atom. The third kappa shape index (κ3) is 2.96. The number of sulfonamides is 1. The number of aromatic nitrogens is 3. The van der Waals surface area contributed by atoms with Crippen molar-refractivity contribution >= 4 is 27.3 Å². The fourth-order valence-electron chi connectivity index (χ4n) is 4.24. The maximum atomic E-state index is 12.4. The van der Waals surface area contributed by atoms with E-state index in [-0.39, 0.29) is 6.04 Å². The molecule has 0 unspecified atom stereocenters. The number of nitrogens with zero attached hydrogens (tertiary/aromatic N) is 6. The molecular formula is C20H22N6O2S. The second-order valence-electron chi connectivity index (χ2n) is 7.57. The highest BCUT2D eigenvalue weighted by Gasteiger charge is 2.34. The van der Waals surface area contributed by atoms with E-state index in [0.717, 1.165) is 43.1 Å². The van der Waals surface area contributed by atoms with Crippen molar-refractivity contribution in [2.45, 2.75) is 30.7 Å². The lowest BCUT2D eigenvalue weighted by Gasteiger charge is -2.38. The number of anilines is 1. The average Bonchev–Trinajstić information content (AvgIpc) is 3.29. The molecule has 0 atom stereocenters. The lowest BCUT2D eigenvalue weighted by molar-refractivity contribution is 0.305. The molecule has 5 rings (SSSR count). The Balaban J connectivity index is 1.37. The van der Waals surface area contributed by atoms with Crippen LogP contribution in [-0.4, -0.2) is 59.9 Å². The van der Waals surface area contributed by atoms with Gasteiger partial charge in [0.05, 0.1) is 6.20 Å². The molecule has 0 aliphatic carbocycles. The first kappa shape index (κ1) is 18.1. The molecule has 9 heteroatoms. The molecule has 1 fully saturated rings. The molecule has 0 radical (unpaired) electrons. The highest BCUT2D eigenvalue weighted by Crippen LogP contribution is 2.30. The predicted octanol–water partition coefficient (Wildman–Crippen LogP) is 2.09. The lowest BCUT2D eigenvalue weighted by Crippen LogP contribution is -2.46. The molecule has 0 spiro atoms. The monoisotopic (exact) mass is 410 g/mol. The summed E-state index contributed by atoms with van der Waals surface area (Å²) in [6, 6.07) is 11.2. The van der Waals surface area contributed by atoms with Gasteiger partial charge in [0.2, 0.25) is 0 Å². The van der Waals surface area contributed by atoms with Crippen LogP contribution in [0.5, 0.6) is 0 Å². The standard InChI is InChI=1S/C20H22N6O2S/c1-14-13-19(26-18(22-14)7-10-21-26)25-11-8-15(9-12-25)24(2)20-16-5-3-4-6-17(16)29(27,28)23-20/h3-7,10,13,15H,8-9,11-12H2,1-2H3. The van der Waals surface area contributed by atoms with E-state index in [0.29, 0.717) is 16.3 Å². The van der Waals surface area contributed by atoms with Crippen LogP contribution in [0.2, 0.25) is 0 Å². The molecule has 0 saturated carbocycles. The Kier molecular flexibility index (Phi) is 4.09. The van der Waals surface area contributed by atoms with E-state index >= 15 is 0 Å². The quantitative estimate of drug-likeness (QED) is 0.643. The lowest BCUT2D eigenvalue weighted by atomic mass is 10.0. The number of aryl methyl sites for hydroxylation is 1. The number of benzene rings is 1. The van der Waals surface area contributed by atoms with Gasteiger partial charge in [-0.05, 0) is 31.9 Å². The number of fused-ring (bicyclic) bond motifs is 2. The number of hydrogen-bond donors (Lipinski definition) is 0. The van der Waals surface area contributed by atoms with Crippen molar-refractivity contribution in [3.05, 3.63) is 53.9 Å². The third-order valence-electron chi connectivity index (χ3n) is 5.75. The molecule has 4 heterocycles. The first-order valence-electron chi connectivity index (χ1n) is 9.67. The molecule has 2 aliphatic rings. The van der Waals surface area contributed by atoms with Crippen LogP contribution in [0.15, 0.2) is 51.9 Å². The van der Waals surface area contributed by atoms with Crippen molar-refractivity contribution in [1.29, 1.82) is 0 Å². The predicted molar refractivity (Wildman–Crippen MR) is 111 cm³/mol. The van der Waals surface area contributed by atoms with Crippen LogP contribution < -0.4 is 4.90 Å². The van der Waals surface area contributed by atoms with Gasteiger partial charge in [0.1, 0.15) is 10.7 Å². The van der Waals surface area contributed by atoms with Gasteiger partial charge in [0.15, 0.2) is 11.5 Å². The van der Waals surface area contributed by atoms with E-state index in [9.17, 15) is 8.42 Å². The summed E-state index contributed by atoms with van der Waals surface area (Å²) in [5.41, 5.74) is 2.51. The first-order valence-corrected chi connectivity index (χ1v) is 11.1. The van der Waals surface area contributed by atoms with E-state index in [1.807, 2.05) is 41.6 Å². The van der Waals surface area contributed by atoms with E-state index in [1.165, 1.54) is 0 Å². The molecule has 0 bridgehead atoms. The molecule has 150 valence electrons. The topological polar surface area (TPSA) is 83.2 Å². The Morgan fingerprint density at radius 1 is 1.14 bits per heavy atom. The number of rotatable bonds is 2. The van der Waals surface area contributed by atoms with Gasteiger partial charge in [0.25, 0.3) is 10.0 Å². The molecule has 1 saturated heterocycles. The van der Waals surface area contributed by atoms with Crippen LogP contribution >= 0.6 is 0 Å². The van der Waals surface area contributed by atoms with Gasteiger partial charge < -0.3 is 9.80 Å². The minimum atomic E-state index is -3.60. The molecule has 1 aromatic carbocycles. The second-order valence-corrected chi connectivity index (χ2v) is 9.14. The van der Waals surface area contributed by atoms with Crippen LogP contribution in [0.25, 0.3) is 5.65 Å². The molecule has 2 aromatic heterocycles. The molecule has 8 nitrogen and oxygen atoms in total. The van der Waals surface area contributed by atoms with Crippen LogP contribution in [0.3, 0.4) is 0 Å². The summed E-state index contributed by atoms with van der Waals surface area (Å²) in [5.74, 6) is 1.60. The summed E-state index contributed by atoms with van der Waals surface area (Å²) in [4.78, 5) is 9.16. The van der Waals surface area contributed by atoms with Gasteiger partial charge >= 0.3 is 0 Å². The molecule has 2 aliphatic heterocycles. The zero-order valence-corrected chi connectivity index (χ0v) is 17.2. The number of amidine groups is 1. The Labute approximate surface area is 169 Å². The summed E-state index contributed by atoms with van der Waals surface area (Å²) in [6.07, 6.45) is 3.58. The van der Waals surface area contributed by atoms with Crippen LogP contribution in [0.1, 0.15) is 24.1 Å². The molecular weight excluding hydrogens is 388 g/mol. The molecule has 0 N–H and O–H groups in total. The highest BCUT2D eigenvalue weighted by molar-refractivity contribution is 7.90. The third-order valence-corrected chi connectivity index (χ3v) is 7.08. The van der Waals surface area contributed by atoms with Gasteiger partial charge in [0, 0.05) is 49.6 Å². The Morgan fingerprint density at radius 3 is 2.69 bits per heavy atom. The fourth-order valence-corrected chi connectivity index (χ4v) is 5.48. The van der Waals surface area contributed by atoms with Crippen LogP contribution in [0, 0.1) is 6.92 Å². The smallest absolute Gasteiger partial charge is 0.285 e. The highest BCUT2D eigenvalue weighted by atomic mass is 32.2. The second kappa shape index (κ2) is 6.55. The van der Waals surface area contributed by atoms with Crippen LogP contribution in [0.4, 0.5) is 5.82 Å². The minimum absolute atomic E-state index is 0.224. The largest absolute Gasteiger partial charge is 0.356 e. The van der Waals surface area contributed by atoms with E-state index in [4.69, 9.17) is 0 Å².